The number of ether oxygens (including phenoxy) is 2. The van der Waals surface area contributed by atoms with Gasteiger partial charge in [-0.2, -0.15) is 0 Å². The van der Waals surface area contributed by atoms with Gasteiger partial charge in [0.25, 0.3) is 11.1 Å². The molecule has 0 bridgehead atoms. The van der Waals surface area contributed by atoms with E-state index in [0.29, 0.717) is 23.9 Å². The van der Waals surface area contributed by atoms with Crippen LogP contribution < -0.4 is 9.64 Å². The Morgan fingerprint density at radius 1 is 1.26 bits per heavy atom. The van der Waals surface area contributed by atoms with E-state index in [1.807, 2.05) is 18.2 Å². The van der Waals surface area contributed by atoms with Crippen LogP contribution in [0.1, 0.15) is 5.56 Å². The fraction of sp³-hybridized carbons (Fsp3) is 0.375. The molecule has 2 amide bonds. The number of hydrogen-bond donors (Lipinski definition) is 0. The third-order valence-corrected chi connectivity index (χ3v) is 4.83. The minimum atomic E-state index is -0.278. The number of carbonyl (C=O) groups is 2. The monoisotopic (exact) mass is 334 g/mol. The van der Waals surface area contributed by atoms with Crippen molar-refractivity contribution in [1.29, 1.82) is 0 Å². The highest BCUT2D eigenvalue weighted by Gasteiger charge is 2.32. The van der Waals surface area contributed by atoms with Crippen LogP contribution in [0.25, 0.3) is 6.08 Å². The smallest absolute Gasteiger partial charge is 0.293 e. The number of imide groups is 1. The molecule has 1 aromatic carbocycles. The number of thioether (sulfide) groups is 1. The van der Waals surface area contributed by atoms with E-state index in [1.54, 1.807) is 13.2 Å². The number of nitrogens with zero attached hydrogens (tertiary/aromatic N) is 2. The predicted octanol–water partition coefficient (Wildman–Crippen LogP) is 2.20. The molecule has 2 aliphatic heterocycles. The Hall–Kier alpha value is -1.99. The number of benzene rings is 1. The van der Waals surface area contributed by atoms with Gasteiger partial charge in [0.15, 0.2) is 0 Å². The quantitative estimate of drug-likeness (QED) is 0.790. The van der Waals surface area contributed by atoms with Crippen LogP contribution in [0.5, 0.6) is 5.75 Å². The lowest BCUT2D eigenvalue weighted by Crippen LogP contribution is -2.36. The van der Waals surface area contributed by atoms with Crippen LogP contribution in [-0.2, 0) is 9.53 Å². The molecule has 0 aliphatic carbocycles. The van der Waals surface area contributed by atoms with E-state index in [4.69, 9.17) is 9.47 Å². The summed E-state index contributed by atoms with van der Waals surface area (Å²) in [5.74, 6) is 0.399. The van der Waals surface area contributed by atoms with E-state index < -0.39 is 0 Å². The van der Waals surface area contributed by atoms with Crippen molar-refractivity contribution >= 4 is 34.7 Å². The van der Waals surface area contributed by atoms with Gasteiger partial charge in [-0.15, -0.1) is 0 Å². The molecule has 0 atom stereocenters. The molecule has 0 saturated carbocycles. The largest absolute Gasteiger partial charge is 0.496 e. The van der Waals surface area contributed by atoms with Gasteiger partial charge in [0.1, 0.15) is 5.75 Å². The highest BCUT2D eigenvalue weighted by Crippen LogP contribution is 2.34. The zero-order valence-electron chi connectivity index (χ0n) is 13.1. The first-order valence-electron chi connectivity index (χ1n) is 7.32. The molecular formula is C16H18N2O4S. The first-order valence-corrected chi connectivity index (χ1v) is 8.14. The minimum Gasteiger partial charge on any atom is -0.496 e. The first kappa shape index (κ1) is 15.9. The van der Waals surface area contributed by atoms with Crippen molar-refractivity contribution in [3.05, 3.63) is 28.7 Å². The lowest BCUT2D eigenvalue weighted by molar-refractivity contribution is -0.121. The van der Waals surface area contributed by atoms with Crippen molar-refractivity contribution in [2.24, 2.45) is 0 Å². The van der Waals surface area contributed by atoms with Crippen molar-refractivity contribution in [2.75, 3.05) is 45.4 Å². The number of carbonyl (C=O) groups excluding carboxylic acids is 2. The molecule has 0 radical (unpaired) electrons. The molecule has 23 heavy (non-hydrogen) atoms. The number of hydrogen-bond acceptors (Lipinski definition) is 6. The molecule has 2 aliphatic rings. The molecule has 2 heterocycles. The second-order valence-electron chi connectivity index (χ2n) is 5.27. The fourth-order valence-corrected chi connectivity index (χ4v) is 3.34. The summed E-state index contributed by atoms with van der Waals surface area (Å²) in [7, 11) is 3.08. The third-order valence-electron chi connectivity index (χ3n) is 3.87. The molecule has 6 nitrogen and oxygen atoms in total. The van der Waals surface area contributed by atoms with Gasteiger partial charge >= 0.3 is 0 Å². The minimum absolute atomic E-state index is 0.259. The van der Waals surface area contributed by atoms with Crippen molar-refractivity contribution in [3.8, 4) is 5.75 Å². The van der Waals surface area contributed by atoms with Crippen LogP contribution >= 0.6 is 11.8 Å². The summed E-state index contributed by atoms with van der Waals surface area (Å²) in [4.78, 5) is 27.3. The molecule has 7 heteroatoms. The normalized spacial score (nSPS) is 20.5. The number of morpholine rings is 1. The summed E-state index contributed by atoms with van der Waals surface area (Å²) in [6.07, 6.45) is 1.70. The Morgan fingerprint density at radius 2 is 2.00 bits per heavy atom. The second kappa shape index (κ2) is 6.64. The number of anilines is 1. The van der Waals surface area contributed by atoms with E-state index in [1.165, 1.54) is 7.05 Å². The molecule has 0 unspecified atom stereocenters. The van der Waals surface area contributed by atoms with Crippen molar-refractivity contribution in [2.45, 2.75) is 0 Å². The Labute approximate surface area is 139 Å². The van der Waals surface area contributed by atoms with Gasteiger partial charge in [0.2, 0.25) is 0 Å². The van der Waals surface area contributed by atoms with Crippen LogP contribution in [0.3, 0.4) is 0 Å². The van der Waals surface area contributed by atoms with E-state index >= 15 is 0 Å². The maximum atomic E-state index is 12.0. The molecule has 3 rings (SSSR count). The topological polar surface area (TPSA) is 59.1 Å². The Kier molecular flexibility index (Phi) is 4.58. The van der Waals surface area contributed by atoms with Crippen molar-refractivity contribution < 1.29 is 19.1 Å². The summed E-state index contributed by atoms with van der Waals surface area (Å²) < 4.78 is 10.8. The maximum absolute atomic E-state index is 12.0. The van der Waals surface area contributed by atoms with Crippen LogP contribution in [0, 0.1) is 0 Å². The molecule has 1 aromatic rings. The average molecular weight is 334 g/mol. The number of amides is 2. The van der Waals surface area contributed by atoms with Gasteiger partial charge < -0.3 is 14.4 Å². The molecule has 122 valence electrons. The Bertz CT molecular complexity index is 668. The van der Waals surface area contributed by atoms with Gasteiger partial charge in [-0.25, -0.2) is 0 Å². The zero-order chi connectivity index (χ0) is 16.4. The summed E-state index contributed by atoms with van der Waals surface area (Å²) >= 11 is 0.944. The standard InChI is InChI=1S/C16H18N2O4S/c1-17-15(19)14(23-16(17)20)9-11-3-4-12(10-13(11)21-2)18-5-7-22-8-6-18/h3-4,9-10H,5-8H2,1-2H3/b14-9+. The van der Waals surface area contributed by atoms with Crippen LogP contribution in [-0.4, -0.2) is 56.5 Å². The predicted molar refractivity (Wildman–Crippen MR) is 89.8 cm³/mol. The van der Waals surface area contributed by atoms with Crippen LogP contribution in [0.2, 0.25) is 0 Å². The fourth-order valence-electron chi connectivity index (χ4n) is 2.52. The Balaban J connectivity index is 1.88. The lowest BCUT2D eigenvalue weighted by Gasteiger charge is -2.29. The molecule has 0 N–H and O–H groups in total. The molecule has 0 spiro atoms. The van der Waals surface area contributed by atoms with Gasteiger partial charge in [-0.3, -0.25) is 14.5 Å². The molecule has 2 fully saturated rings. The summed E-state index contributed by atoms with van der Waals surface area (Å²) in [6.45, 7) is 3.12. The van der Waals surface area contributed by atoms with E-state index in [0.717, 1.165) is 41.0 Å². The van der Waals surface area contributed by atoms with Crippen molar-refractivity contribution in [3.63, 3.8) is 0 Å². The highest BCUT2D eigenvalue weighted by molar-refractivity contribution is 8.18. The van der Waals surface area contributed by atoms with Gasteiger partial charge in [0, 0.05) is 37.5 Å². The number of likely N-dealkylation sites (N-methyl/N-ethyl adjacent to an activating group) is 1. The molecular weight excluding hydrogens is 316 g/mol. The Morgan fingerprint density at radius 3 is 2.61 bits per heavy atom. The van der Waals surface area contributed by atoms with Gasteiger partial charge in [0.05, 0.1) is 25.2 Å². The average Bonchev–Trinajstić information content (AvgIpc) is 2.83. The number of rotatable bonds is 3. The van der Waals surface area contributed by atoms with E-state index in [9.17, 15) is 9.59 Å². The van der Waals surface area contributed by atoms with Gasteiger partial charge in [-0.1, -0.05) is 0 Å². The molecule has 0 aromatic heterocycles. The van der Waals surface area contributed by atoms with Crippen molar-refractivity contribution in [1.82, 2.24) is 4.90 Å². The van der Waals surface area contributed by atoms with Crippen LogP contribution in [0.4, 0.5) is 10.5 Å². The maximum Gasteiger partial charge on any atom is 0.293 e. The summed E-state index contributed by atoms with van der Waals surface area (Å²) in [5, 5.41) is -0.259. The second-order valence-corrected chi connectivity index (χ2v) is 6.26. The first-order chi connectivity index (χ1) is 11.1. The lowest BCUT2D eigenvalue weighted by atomic mass is 10.1. The third kappa shape index (κ3) is 3.20. The zero-order valence-corrected chi connectivity index (χ0v) is 13.9. The SMILES string of the molecule is COc1cc(N2CCOCC2)ccc1/C=C1/SC(=O)N(C)C1=O. The van der Waals surface area contributed by atoms with E-state index in [2.05, 4.69) is 4.90 Å². The summed E-state index contributed by atoms with van der Waals surface area (Å²) in [5.41, 5.74) is 1.84. The van der Waals surface area contributed by atoms with Gasteiger partial charge in [-0.05, 0) is 30.0 Å². The summed E-state index contributed by atoms with van der Waals surface area (Å²) in [6, 6.07) is 5.86. The van der Waals surface area contributed by atoms with E-state index in [-0.39, 0.29) is 11.1 Å². The van der Waals surface area contributed by atoms with Crippen LogP contribution in [0.15, 0.2) is 23.1 Å². The molecule has 2 saturated heterocycles. The highest BCUT2D eigenvalue weighted by atomic mass is 32.2. The number of methoxy groups -OCH3 is 1.